The fourth-order valence-electron chi connectivity index (χ4n) is 2.59. The maximum absolute atomic E-state index is 9.01. The highest BCUT2D eigenvalue weighted by molar-refractivity contribution is 5.86. The fourth-order valence-corrected chi connectivity index (χ4v) is 2.59. The molecule has 7 nitrogen and oxygen atoms in total. The van der Waals surface area contributed by atoms with E-state index < -0.39 is 0 Å². The average Bonchev–Trinajstić information content (AvgIpc) is 3.03. The summed E-state index contributed by atoms with van der Waals surface area (Å²) < 4.78 is 1.72. The Bertz CT molecular complexity index is 945. The van der Waals surface area contributed by atoms with Crippen LogP contribution in [0.25, 0.3) is 11.0 Å². The van der Waals surface area contributed by atoms with Gasteiger partial charge in [-0.2, -0.15) is 15.6 Å². The SMILES string of the molecule is CN(Cc1cccc(C#N)c1)c1ncnc2c1cnn2CCC#N. The maximum atomic E-state index is 9.01. The van der Waals surface area contributed by atoms with Crippen molar-refractivity contribution in [1.82, 2.24) is 19.7 Å². The largest absolute Gasteiger partial charge is 0.355 e. The van der Waals surface area contributed by atoms with Gasteiger partial charge >= 0.3 is 0 Å². The third-order valence-electron chi connectivity index (χ3n) is 3.69. The number of aromatic nitrogens is 4. The topological polar surface area (TPSA) is 94.4 Å². The van der Waals surface area contributed by atoms with Crippen LogP contribution in [-0.2, 0) is 13.1 Å². The Morgan fingerprint density at radius 2 is 2.12 bits per heavy atom. The molecule has 7 heteroatoms. The quantitative estimate of drug-likeness (QED) is 0.716. The lowest BCUT2D eigenvalue weighted by atomic mass is 10.1. The minimum Gasteiger partial charge on any atom is -0.355 e. The van der Waals surface area contributed by atoms with Crippen LogP contribution in [0.5, 0.6) is 0 Å². The van der Waals surface area contributed by atoms with Gasteiger partial charge < -0.3 is 4.90 Å². The summed E-state index contributed by atoms with van der Waals surface area (Å²) in [6.45, 7) is 1.12. The van der Waals surface area contributed by atoms with E-state index in [0.717, 1.165) is 16.8 Å². The number of nitrogens with zero attached hydrogens (tertiary/aromatic N) is 7. The van der Waals surface area contributed by atoms with Crippen LogP contribution in [0, 0.1) is 22.7 Å². The molecule has 0 amide bonds. The molecule has 0 atom stereocenters. The maximum Gasteiger partial charge on any atom is 0.163 e. The molecule has 0 aliphatic carbocycles. The summed E-state index contributed by atoms with van der Waals surface area (Å²) in [5.74, 6) is 0.769. The summed E-state index contributed by atoms with van der Waals surface area (Å²) in [7, 11) is 1.94. The molecule has 0 aliphatic rings. The number of hydrogen-bond donors (Lipinski definition) is 0. The molecule has 2 aromatic heterocycles. The Kier molecular flexibility index (Phi) is 4.35. The van der Waals surface area contributed by atoms with Crippen LogP contribution in [0.15, 0.2) is 36.8 Å². The molecule has 0 saturated heterocycles. The second-order valence-corrected chi connectivity index (χ2v) is 5.38. The van der Waals surface area contributed by atoms with Crippen LogP contribution in [0.2, 0.25) is 0 Å². The molecule has 0 spiro atoms. The number of anilines is 1. The van der Waals surface area contributed by atoms with Gasteiger partial charge in [0.1, 0.15) is 12.1 Å². The van der Waals surface area contributed by atoms with E-state index >= 15 is 0 Å². The van der Waals surface area contributed by atoms with E-state index in [9.17, 15) is 0 Å². The normalized spacial score (nSPS) is 10.3. The van der Waals surface area contributed by atoms with Gasteiger partial charge in [0.2, 0.25) is 0 Å². The summed E-state index contributed by atoms with van der Waals surface area (Å²) in [6.07, 6.45) is 3.61. The fraction of sp³-hybridized carbons (Fsp3) is 0.235. The molecule has 0 unspecified atom stereocenters. The first-order valence-electron chi connectivity index (χ1n) is 7.46. The lowest BCUT2D eigenvalue weighted by Crippen LogP contribution is -2.18. The van der Waals surface area contributed by atoms with E-state index in [4.69, 9.17) is 10.5 Å². The number of benzene rings is 1. The summed E-state index contributed by atoms with van der Waals surface area (Å²) in [6, 6.07) is 11.8. The Hall–Kier alpha value is -3.45. The van der Waals surface area contributed by atoms with Gasteiger partial charge in [0.15, 0.2) is 5.65 Å². The molecule has 118 valence electrons. The molecule has 0 radical (unpaired) electrons. The number of aryl methyl sites for hydroxylation is 1. The number of hydrogen-bond acceptors (Lipinski definition) is 6. The van der Waals surface area contributed by atoms with Crippen LogP contribution >= 0.6 is 0 Å². The van der Waals surface area contributed by atoms with Crippen LogP contribution in [0.4, 0.5) is 5.82 Å². The zero-order chi connectivity index (χ0) is 16.9. The average molecular weight is 317 g/mol. The van der Waals surface area contributed by atoms with E-state index in [1.54, 1.807) is 16.9 Å². The van der Waals surface area contributed by atoms with Gasteiger partial charge in [-0.05, 0) is 17.7 Å². The van der Waals surface area contributed by atoms with Crippen LogP contribution in [-0.4, -0.2) is 26.8 Å². The summed E-state index contributed by atoms with van der Waals surface area (Å²) >= 11 is 0. The number of fused-ring (bicyclic) bond motifs is 1. The highest BCUT2D eigenvalue weighted by Crippen LogP contribution is 2.23. The van der Waals surface area contributed by atoms with Crippen LogP contribution in [0.1, 0.15) is 17.5 Å². The minimum atomic E-state index is 0.382. The minimum absolute atomic E-state index is 0.382. The van der Waals surface area contributed by atoms with Crippen molar-refractivity contribution in [2.75, 3.05) is 11.9 Å². The lowest BCUT2D eigenvalue weighted by molar-refractivity contribution is 0.643. The van der Waals surface area contributed by atoms with E-state index in [1.165, 1.54) is 6.33 Å². The van der Waals surface area contributed by atoms with Crippen LogP contribution in [0.3, 0.4) is 0 Å². The zero-order valence-corrected chi connectivity index (χ0v) is 13.2. The summed E-state index contributed by atoms with van der Waals surface area (Å²) in [4.78, 5) is 10.6. The second kappa shape index (κ2) is 6.76. The van der Waals surface area contributed by atoms with Gasteiger partial charge in [-0.25, -0.2) is 14.6 Å². The third-order valence-corrected chi connectivity index (χ3v) is 3.69. The Morgan fingerprint density at radius 1 is 1.25 bits per heavy atom. The van der Waals surface area contributed by atoms with E-state index in [-0.39, 0.29) is 0 Å². The lowest BCUT2D eigenvalue weighted by Gasteiger charge is -2.18. The van der Waals surface area contributed by atoms with Gasteiger partial charge in [-0.1, -0.05) is 12.1 Å². The third kappa shape index (κ3) is 3.01. The molecule has 24 heavy (non-hydrogen) atoms. The molecule has 0 fully saturated rings. The molecule has 0 aliphatic heterocycles. The van der Waals surface area contributed by atoms with Crippen molar-refractivity contribution in [3.63, 3.8) is 0 Å². The van der Waals surface area contributed by atoms with Crippen molar-refractivity contribution in [2.24, 2.45) is 0 Å². The first-order valence-corrected chi connectivity index (χ1v) is 7.46. The van der Waals surface area contributed by atoms with E-state index in [0.29, 0.717) is 30.7 Å². The van der Waals surface area contributed by atoms with Gasteiger partial charge in [0.05, 0.1) is 42.3 Å². The second-order valence-electron chi connectivity index (χ2n) is 5.38. The van der Waals surface area contributed by atoms with Crippen molar-refractivity contribution < 1.29 is 0 Å². The van der Waals surface area contributed by atoms with Crippen molar-refractivity contribution in [1.29, 1.82) is 10.5 Å². The predicted molar refractivity (Wildman–Crippen MR) is 88.8 cm³/mol. The van der Waals surface area contributed by atoms with Crippen molar-refractivity contribution >= 4 is 16.9 Å². The Labute approximate surface area is 139 Å². The molecule has 3 aromatic rings. The van der Waals surface area contributed by atoms with E-state index in [2.05, 4.69) is 27.2 Å². The highest BCUT2D eigenvalue weighted by atomic mass is 15.3. The molecule has 3 rings (SSSR count). The summed E-state index contributed by atoms with van der Waals surface area (Å²) in [5, 5.41) is 22.9. The van der Waals surface area contributed by atoms with Crippen molar-refractivity contribution in [3.05, 3.63) is 47.9 Å². The van der Waals surface area contributed by atoms with Gasteiger partial charge in [0, 0.05) is 13.6 Å². The first-order chi connectivity index (χ1) is 11.7. The molecule has 1 aromatic carbocycles. The molecular weight excluding hydrogens is 302 g/mol. The van der Waals surface area contributed by atoms with Crippen molar-refractivity contribution in [2.45, 2.75) is 19.5 Å². The predicted octanol–water partition coefficient (Wildman–Crippen LogP) is 2.25. The van der Waals surface area contributed by atoms with Gasteiger partial charge in [-0.3, -0.25) is 0 Å². The molecule has 0 saturated carbocycles. The zero-order valence-electron chi connectivity index (χ0n) is 13.2. The molecule has 0 bridgehead atoms. The Balaban J connectivity index is 1.90. The van der Waals surface area contributed by atoms with Gasteiger partial charge in [0.25, 0.3) is 0 Å². The van der Waals surface area contributed by atoms with Crippen molar-refractivity contribution in [3.8, 4) is 12.1 Å². The molecular formula is C17H15N7. The standard InChI is InChI=1S/C17H15N7/c1-23(11-14-5-2-4-13(8-14)9-19)16-15-10-22-24(7-3-6-18)17(15)21-12-20-16/h2,4-5,8,10,12H,3,7,11H2,1H3. The monoisotopic (exact) mass is 317 g/mol. The highest BCUT2D eigenvalue weighted by Gasteiger charge is 2.13. The van der Waals surface area contributed by atoms with Crippen LogP contribution < -0.4 is 4.90 Å². The smallest absolute Gasteiger partial charge is 0.163 e. The van der Waals surface area contributed by atoms with Gasteiger partial charge in [-0.15, -0.1) is 0 Å². The summed E-state index contributed by atoms with van der Waals surface area (Å²) in [5.41, 5.74) is 2.38. The first kappa shape index (κ1) is 15.4. The number of rotatable bonds is 5. The molecule has 0 N–H and O–H groups in total. The molecule has 2 heterocycles. The van der Waals surface area contributed by atoms with E-state index in [1.807, 2.05) is 30.1 Å². The number of nitriles is 2. The Morgan fingerprint density at radius 3 is 2.92 bits per heavy atom.